The number of furan rings is 1. The Morgan fingerprint density at radius 1 is 1.23 bits per heavy atom. The van der Waals surface area contributed by atoms with Crippen LogP contribution in [0.4, 0.5) is 0 Å². The summed E-state index contributed by atoms with van der Waals surface area (Å²) in [5.41, 5.74) is 1.82. The van der Waals surface area contributed by atoms with Crippen LogP contribution in [-0.4, -0.2) is 10.9 Å². The van der Waals surface area contributed by atoms with E-state index in [1.54, 1.807) is 23.5 Å². The lowest BCUT2D eigenvalue weighted by Crippen LogP contribution is -2.26. The highest BCUT2D eigenvalue weighted by molar-refractivity contribution is 7.09. The Morgan fingerprint density at radius 2 is 2.00 bits per heavy atom. The molecular formula is C17H16N2O2S. The monoisotopic (exact) mass is 312 g/mol. The maximum Gasteiger partial charge on any atom is 0.287 e. The van der Waals surface area contributed by atoms with E-state index in [0.717, 1.165) is 16.3 Å². The van der Waals surface area contributed by atoms with Gasteiger partial charge in [0.05, 0.1) is 11.0 Å². The third-order valence-electron chi connectivity index (χ3n) is 3.35. The number of thiazole rings is 1. The van der Waals surface area contributed by atoms with Gasteiger partial charge in [-0.1, -0.05) is 30.3 Å². The predicted molar refractivity (Wildman–Crippen MR) is 86.9 cm³/mol. The lowest BCUT2D eigenvalue weighted by Gasteiger charge is -2.12. The van der Waals surface area contributed by atoms with Crippen molar-refractivity contribution in [1.82, 2.24) is 10.3 Å². The van der Waals surface area contributed by atoms with E-state index in [-0.39, 0.29) is 11.9 Å². The molecule has 1 amide bonds. The highest BCUT2D eigenvalue weighted by atomic mass is 32.1. The molecule has 0 aliphatic heterocycles. The summed E-state index contributed by atoms with van der Waals surface area (Å²) in [5.74, 6) is 0.680. The first kappa shape index (κ1) is 14.5. The zero-order valence-electron chi connectivity index (χ0n) is 12.4. The molecule has 0 fully saturated rings. The fourth-order valence-electron chi connectivity index (χ4n) is 2.17. The van der Waals surface area contributed by atoms with Crippen molar-refractivity contribution in [3.63, 3.8) is 0 Å². The molecule has 2 aromatic heterocycles. The van der Waals surface area contributed by atoms with Crippen LogP contribution in [0.1, 0.15) is 34.1 Å². The molecule has 5 heteroatoms. The van der Waals surface area contributed by atoms with Crippen LogP contribution in [0.25, 0.3) is 11.5 Å². The number of amides is 1. The quantitative estimate of drug-likeness (QED) is 0.785. The molecule has 1 unspecified atom stereocenters. The minimum atomic E-state index is -0.227. The number of nitrogens with one attached hydrogen (secondary N) is 1. The summed E-state index contributed by atoms with van der Waals surface area (Å²) in [6.45, 7) is 3.88. The van der Waals surface area contributed by atoms with Crippen LogP contribution in [-0.2, 0) is 0 Å². The molecule has 0 saturated carbocycles. The smallest absolute Gasteiger partial charge is 0.287 e. The molecule has 3 aromatic rings. The molecule has 0 aliphatic carbocycles. The third kappa shape index (κ3) is 3.09. The van der Waals surface area contributed by atoms with Crippen molar-refractivity contribution in [2.45, 2.75) is 19.9 Å². The second-order valence-electron chi connectivity index (χ2n) is 5.02. The molecule has 2 heterocycles. The van der Waals surface area contributed by atoms with E-state index in [2.05, 4.69) is 10.3 Å². The number of carbonyl (C=O) groups excluding carboxylic acids is 1. The van der Waals surface area contributed by atoms with Crippen LogP contribution < -0.4 is 5.32 Å². The lowest BCUT2D eigenvalue weighted by atomic mass is 10.1. The Morgan fingerprint density at radius 3 is 2.68 bits per heavy atom. The molecule has 3 rings (SSSR count). The molecule has 0 radical (unpaired) electrons. The van der Waals surface area contributed by atoms with Gasteiger partial charge in [-0.3, -0.25) is 4.79 Å². The zero-order valence-corrected chi connectivity index (χ0v) is 13.2. The Bertz CT molecular complexity index is 777. The van der Waals surface area contributed by atoms with Crippen molar-refractivity contribution in [2.75, 3.05) is 0 Å². The molecule has 0 aliphatic rings. The number of hydrogen-bond acceptors (Lipinski definition) is 4. The van der Waals surface area contributed by atoms with Gasteiger partial charge in [-0.05, 0) is 31.5 Å². The van der Waals surface area contributed by atoms with Gasteiger partial charge in [0.2, 0.25) is 0 Å². The molecule has 0 saturated heterocycles. The summed E-state index contributed by atoms with van der Waals surface area (Å²) in [6.07, 6.45) is 0. The van der Waals surface area contributed by atoms with Crippen LogP contribution in [0.3, 0.4) is 0 Å². The fourth-order valence-corrected chi connectivity index (χ4v) is 2.77. The van der Waals surface area contributed by atoms with Gasteiger partial charge in [0, 0.05) is 5.38 Å². The van der Waals surface area contributed by atoms with Crippen LogP contribution in [0.15, 0.2) is 52.3 Å². The first-order valence-corrected chi connectivity index (χ1v) is 7.89. The van der Waals surface area contributed by atoms with Crippen molar-refractivity contribution >= 4 is 17.2 Å². The van der Waals surface area contributed by atoms with E-state index < -0.39 is 0 Å². The number of hydrogen-bond donors (Lipinski definition) is 1. The number of nitrogens with zero attached hydrogens (tertiary/aromatic N) is 1. The average Bonchev–Trinajstić information content (AvgIpc) is 3.16. The van der Waals surface area contributed by atoms with Gasteiger partial charge in [-0.15, -0.1) is 11.3 Å². The topological polar surface area (TPSA) is 55.1 Å². The van der Waals surface area contributed by atoms with Crippen LogP contribution in [0.2, 0.25) is 0 Å². The van der Waals surface area contributed by atoms with Crippen molar-refractivity contribution in [2.24, 2.45) is 0 Å². The Balaban J connectivity index is 1.72. The Hall–Kier alpha value is -2.40. The standard InChI is InChI=1S/C17H16N2O2S/c1-11(13-6-4-3-5-7-13)18-17(20)16-9-8-15(21-16)14-10-22-12(2)19-14/h3-11H,1-2H3,(H,18,20). The summed E-state index contributed by atoms with van der Waals surface area (Å²) >= 11 is 1.55. The minimum Gasteiger partial charge on any atom is -0.449 e. The second-order valence-corrected chi connectivity index (χ2v) is 6.08. The molecule has 0 bridgehead atoms. The highest BCUT2D eigenvalue weighted by Crippen LogP contribution is 2.24. The maximum absolute atomic E-state index is 12.3. The van der Waals surface area contributed by atoms with Gasteiger partial charge in [-0.2, -0.15) is 0 Å². The van der Waals surface area contributed by atoms with E-state index in [1.807, 2.05) is 49.6 Å². The number of carbonyl (C=O) groups is 1. The maximum atomic E-state index is 12.3. The normalized spacial score (nSPS) is 12.1. The fraction of sp³-hybridized carbons (Fsp3) is 0.176. The van der Waals surface area contributed by atoms with E-state index in [4.69, 9.17) is 4.42 Å². The van der Waals surface area contributed by atoms with Gasteiger partial charge in [0.1, 0.15) is 5.69 Å². The molecular weight excluding hydrogens is 296 g/mol. The Kier molecular flexibility index (Phi) is 4.06. The molecule has 1 N–H and O–H groups in total. The van der Waals surface area contributed by atoms with Crippen LogP contribution >= 0.6 is 11.3 Å². The second kappa shape index (κ2) is 6.15. The first-order chi connectivity index (χ1) is 10.6. The number of aryl methyl sites for hydroxylation is 1. The van der Waals surface area contributed by atoms with Crippen LogP contribution in [0, 0.1) is 6.92 Å². The zero-order chi connectivity index (χ0) is 15.5. The van der Waals surface area contributed by atoms with Crippen molar-refractivity contribution < 1.29 is 9.21 Å². The van der Waals surface area contributed by atoms with Crippen molar-refractivity contribution in [3.8, 4) is 11.5 Å². The van der Waals surface area contributed by atoms with Gasteiger partial charge in [0.15, 0.2) is 11.5 Å². The minimum absolute atomic E-state index is 0.0798. The highest BCUT2D eigenvalue weighted by Gasteiger charge is 2.16. The lowest BCUT2D eigenvalue weighted by molar-refractivity contribution is 0.0912. The van der Waals surface area contributed by atoms with E-state index >= 15 is 0 Å². The number of rotatable bonds is 4. The summed E-state index contributed by atoms with van der Waals surface area (Å²) < 4.78 is 5.61. The van der Waals surface area contributed by atoms with Crippen molar-refractivity contribution in [1.29, 1.82) is 0 Å². The summed E-state index contributed by atoms with van der Waals surface area (Å²) in [7, 11) is 0. The van der Waals surface area contributed by atoms with Gasteiger partial charge >= 0.3 is 0 Å². The molecule has 112 valence electrons. The first-order valence-electron chi connectivity index (χ1n) is 7.01. The summed E-state index contributed by atoms with van der Waals surface area (Å²) in [6, 6.07) is 13.2. The van der Waals surface area contributed by atoms with E-state index in [0.29, 0.717) is 11.5 Å². The average molecular weight is 312 g/mol. The van der Waals surface area contributed by atoms with E-state index in [9.17, 15) is 4.79 Å². The van der Waals surface area contributed by atoms with Crippen LogP contribution in [0.5, 0.6) is 0 Å². The van der Waals surface area contributed by atoms with E-state index in [1.165, 1.54) is 0 Å². The third-order valence-corrected chi connectivity index (χ3v) is 4.12. The summed E-state index contributed by atoms with van der Waals surface area (Å²) in [4.78, 5) is 16.6. The molecule has 0 spiro atoms. The number of benzene rings is 1. The van der Waals surface area contributed by atoms with Gasteiger partial charge in [-0.25, -0.2) is 4.98 Å². The predicted octanol–water partition coefficient (Wildman–Crippen LogP) is 4.20. The molecule has 4 nitrogen and oxygen atoms in total. The number of aromatic nitrogens is 1. The van der Waals surface area contributed by atoms with Gasteiger partial charge < -0.3 is 9.73 Å². The Labute approximate surface area is 132 Å². The van der Waals surface area contributed by atoms with Gasteiger partial charge in [0.25, 0.3) is 5.91 Å². The summed E-state index contributed by atoms with van der Waals surface area (Å²) in [5, 5.41) is 5.82. The SMILES string of the molecule is Cc1nc(-c2ccc(C(=O)NC(C)c3ccccc3)o2)cs1. The molecule has 1 aromatic carbocycles. The molecule has 1 atom stereocenters. The molecule has 22 heavy (non-hydrogen) atoms. The largest absolute Gasteiger partial charge is 0.449 e. The van der Waals surface area contributed by atoms with Crippen molar-refractivity contribution in [3.05, 3.63) is 64.2 Å².